The number of halogens is 1. The number of nitrogens with two attached hydrogens (primary N) is 2. The summed E-state index contributed by atoms with van der Waals surface area (Å²) in [7, 11) is 1.44. The van der Waals surface area contributed by atoms with E-state index in [-0.39, 0.29) is 16.3 Å². The van der Waals surface area contributed by atoms with Gasteiger partial charge in [0.2, 0.25) is 5.91 Å². The van der Waals surface area contributed by atoms with Crippen molar-refractivity contribution in [2.24, 2.45) is 5.73 Å². The third kappa shape index (κ3) is 1.84. The van der Waals surface area contributed by atoms with Crippen LogP contribution < -0.4 is 16.2 Å². The zero-order valence-electron chi connectivity index (χ0n) is 7.00. The van der Waals surface area contributed by atoms with Crippen molar-refractivity contribution in [1.82, 2.24) is 0 Å². The standard InChI is InChI=1S/C8H9ClN2O2/c1-13-6-3-4(8(11)12)2-5(10)7(6)9/h2-3H,10H2,1H3,(H2,11,12). The Morgan fingerprint density at radius 2 is 2.15 bits per heavy atom. The van der Waals surface area contributed by atoms with Crippen molar-refractivity contribution in [3.63, 3.8) is 0 Å². The van der Waals surface area contributed by atoms with Crippen LogP contribution in [0.4, 0.5) is 5.69 Å². The third-order valence-corrected chi connectivity index (χ3v) is 1.98. The molecule has 0 aliphatic carbocycles. The SMILES string of the molecule is COc1cc(C(N)=O)cc(N)c1Cl. The fraction of sp³-hybridized carbons (Fsp3) is 0.125. The molecule has 0 aromatic heterocycles. The molecule has 1 rings (SSSR count). The van der Waals surface area contributed by atoms with Gasteiger partial charge >= 0.3 is 0 Å². The number of methoxy groups -OCH3 is 1. The van der Waals surface area contributed by atoms with Crippen LogP contribution >= 0.6 is 11.6 Å². The second-order valence-electron chi connectivity index (χ2n) is 2.45. The van der Waals surface area contributed by atoms with Crippen molar-refractivity contribution in [2.75, 3.05) is 12.8 Å². The summed E-state index contributed by atoms with van der Waals surface area (Å²) < 4.78 is 4.90. The predicted octanol–water partition coefficient (Wildman–Crippen LogP) is 1.03. The van der Waals surface area contributed by atoms with E-state index >= 15 is 0 Å². The Morgan fingerprint density at radius 3 is 2.62 bits per heavy atom. The maximum absolute atomic E-state index is 10.8. The molecular weight excluding hydrogens is 192 g/mol. The lowest BCUT2D eigenvalue weighted by atomic mass is 10.2. The van der Waals surface area contributed by atoms with Crippen molar-refractivity contribution in [1.29, 1.82) is 0 Å². The first kappa shape index (κ1) is 9.67. The fourth-order valence-electron chi connectivity index (χ4n) is 0.910. The first-order chi connectivity index (χ1) is 6.06. The smallest absolute Gasteiger partial charge is 0.248 e. The minimum atomic E-state index is -0.568. The predicted molar refractivity (Wildman–Crippen MR) is 50.9 cm³/mol. The van der Waals surface area contributed by atoms with Crippen LogP contribution in [0.2, 0.25) is 5.02 Å². The van der Waals surface area contributed by atoms with Crippen LogP contribution in [0.15, 0.2) is 12.1 Å². The van der Waals surface area contributed by atoms with E-state index in [9.17, 15) is 4.79 Å². The highest BCUT2D eigenvalue weighted by Gasteiger charge is 2.09. The van der Waals surface area contributed by atoms with Gasteiger partial charge in [-0.1, -0.05) is 11.6 Å². The van der Waals surface area contributed by atoms with E-state index in [1.807, 2.05) is 0 Å². The minimum Gasteiger partial charge on any atom is -0.495 e. The molecule has 70 valence electrons. The molecule has 1 aromatic rings. The van der Waals surface area contributed by atoms with E-state index < -0.39 is 5.91 Å². The summed E-state index contributed by atoms with van der Waals surface area (Å²) in [6, 6.07) is 2.86. The number of rotatable bonds is 2. The van der Waals surface area contributed by atoms with Gasteiger partial charge in [-0.2, -0.15) is 0 Å². The summed E-state index contributed by atoms with van der Waals surface area (Å²) in [5.41, 5.74) is 11.1. The van der Waals surface area contributed by atoms with Gasteiger partial charge in [0.05, 0.1) is 12.8 Å². The normalized spacial score (nSPS) is 9.69. The van der Waals surface area contributed by atoms with Gasteiger partial charge in [0.25, 0.3) is 0 Å². The van der Waals surface area contributed by atoms with Gasteiger partial charge in [-0.15, -0.1) is 0 Å². The Bertz CT molecular complexity index is 352. The van der Waals surface area contributed by atoms with Crippen LogP contribution in [-0.4, -0.2) is 13.0 Å². The highest BCUT2D eigenvalue weighted by Crippen LogP contribution is 2.31. The quantitative estimate of drug-likeness (QED) is 0.700. The van der Waals surface area contributed by atoms with E-state index in [2.05, 4.69) is 0 Å². The van der Waals surface area contributed by atoms with Crippen LogP contribution in [0.5, 0.6) is 5.75 Å². The maximum atomic E-state index is 10.8. The van der Waals surface area contributed by atoms with Crippen LogP contribution in [-0.2, 0) is 0 Å². The molecule has 0 unspecified atom stereocenters. The first-order valence-corrected chi connectivity index (χ1v) is 3.87. The number of hydrogen-bond donors (Lipinski definition) is 2. The van der Waals surface area contributed by atoms with Crippen LogP contribution in [0, 0.1) is 0 Å². The average molecular weight is 201 g/mol. The monoisotopic (exact) mass is 200 g/mol. The molecule has 4 nitrogen and oxygen atoms in total. The van der Waals surface area contributed by atoms with E-state index in [4.69, 9.17) is 27.8 Å². The van der Waals surface area contributed by atoms with Gasteiger partial charge in [-0.3, -0.25) is 4.79 Å². The molecule has 1 aromatic carbocycles. The molecule has 0 saturated carbocycles. The van der Waals surface area contributed by atoms with E-state index in [1.54, 1.807) is 0 Å². The molecule has 0 spiro atoms. The molecule has 1 amide bonds. The van der Waals surface area contributed by atoms with Crippen molar-refractivity contribution >= 4 is 23.2 Å². The Balaban J connectivity index is 3.30. The fourth-order valence-corrected chi connectivity index (χ4v) is 1.10. The summed E-state index contributed by atoms with van der Waals surface area (Å²) in [5, 5.41) is 0.285. The van der Waals surface area contributed by atoms with Gasteiger partial charge in [-0.25, -0.2) is 0 Å². The summed E-state index contributed by atoms with van der Waals surface area (Å²) in [6.45, 7) is 0. The number of ether oxygens (including phenoxy) is 1. The largest absolute Gasteiger partial charge is 0.495 e. The average Bonchev–Trinajstić information content (AvgIpc) is 2.09. The number of hydrogen-bond acceptors (Lipinski definition) is 3. The molecule has 0 fully saturated rings. The van der Waals surface area contributed by atoms with Crippen molar-refractivity contribution < 1.29 is 9.53 Å². The Morgan fingerprint density at radius 1 is 1.54 bits per heavy atom. The lowest BCUT2D eigenvalue weighted by molar-refractivity contribution is 0.1000. The second-order valence-corrected chi connectivity index (χ2v) is 2.82. The van der Waals surface area contributed by atoms with E-state index in [1.165, 1.54) is 19.2 Å². The number of primary amides is 1. The van der Waals surface area contributed by atoms with Crippen LogP contribution in [0.3, 0.4) is 0 Å². The molecule has 0 heterocycles. The molecule has 0 aliphatic rings. The molecule has 4 N–H and O–H groups in total. The number of anilines is 1. The summed E-state index contributed by atoms with van der Waals surface area (Å²) >= 11 is 5.77. The third-order valence-electron chi connectivity index (χ3n) is 1.57. The first-order valence-electron chi connectivity index (χ1n) is 3.49. The van der Waals surface area contributed by atoms with Crippen LogP contribution in [0.25, 0.3) is 0 Å². The lowest BCUT2D eigenvalue weighted by Crippen LogP contribution is -2.11. The highest BCUT2D eigenvalue weighted by molar-refractivity contribution is 6.34. The highest BCUT2D eigenvalue weighted by atomic mass is 35.5. The molecule has 0 aliphatic heterocycles. The molecule has 0 radical (unpaired) electrons. The van der Waals surface area contributed by atoms with Crippen LogP contribution in [0.1, 0.15) is 10.4 Å². The minimum absolute atomic E-state index is 0.273. The zero-order valence-corrected chi connectivity index (χ0v) is 7.76. The van der Waals surface area contributed by atoms with E-state index in [0.717, 1.165) is 0 Å². The molecular formula is C8H9ClN2O2. The van der Waals surface area contributed by atoms with Gasteiger partial charge in [-0.05, 0) is 12.1 Å². The molecule has 0 bridgehead atoms. The zero-order chi connectivity index (χ0) is 10.0. The Hall–Kier alpha value is -1.42. The number of amides is 1. The summed E-state index contributed by atoms with van der Waals surface area (Å²) in [6.07, 6.45) is 0. The van der Waals surface area contributed by atoms with Gasteiger partial charge in [0.15, 0.2) is 0 Å². The summed E-state index contributed by atoms with van der Waals surface area (Å²) in [5.74, 6) is -0.225. The lowest BCUT2D eigenvalue weighted by Gasteiger charge is -2.06. The molecule has 0 atom stereocenters. The van der Waals surface area contributed by atoms with E-state index in [0.29, 0.717) is 5.75 Å². The Kier molecular flexibility index (Phi) is 2.63. The van der Waals surface area contributed by atoms with Gasteiger partial charge < -0.3 is 16.2 Å². The molecule has 5 heteroatoms. The number of carbonyl (C=O) groups is 1. The summed E-state index contributed by atoms with van der Waals surface area (Å²) in [4.78, 5) is 10.8. The molecule has 13 heavy (non-hydrogen) atoms. The van der Waals surface area contributed by atoms with Crippen molar-refractivity contribution in [3.05, 3.63) is 22.7 Å². The molecule has 0 saturated heterocycles. The van der Waals surface area contributed by atoms with Crippen molar-refractivity contribution in [3.8, 4) is 5.75 Å². The van der Waals surface area contributed by atoms with Gasteiger partial charge in [0, 0.05) is 5.56 Å². The maximum Gasteiger partial charge on any atom is 0.248 e. The van der Waals surface area contributed by atoms with Gasteiger partial charge in [0.1, 0.15) is 10.8 Å². The number of benzene rings is 1. The topological polar surface area (TPSA) is 78.3 Å². The Labute approximate surface area is 80.4 Å². The van der Waals surface area contributed by atoms with Crippen molar-refractivity contribution in [2.45, 2.75) is 0 Å². The number of carbonyl (C=O) groups excluding carboxylic acids is 1. The number of nitrogen functional groups attached to an aromatic ring is 1. The second kappa shape index (κ2) is 3.53.